The number of hydrogen-bond acceptors (Lipinski definition) is 8. The van der Waals surface area contributed by atoms with Gasteiger partial charge in [0.05, 0.1) is 12.2 Å². The van der Waals surface area contributed by atoms with E-state index >= 15 is 0 Å². The van der Waals surface area contributed by atoms with E-state index in [9.17, 15) is 18.0 Å². The maximum Gasteiger partial charge on any atom is 0.450 e. The monoisotopic (exact) mass is 608 g/mol. The first-order valence-corrected chi connectivity index (χ1v) is 15.9. The van der Waals surface area contributed by atoms with Crippen molar-refractivity contribution in [3.63, 3.8) is 0 Å². The summed E-state index contributed by atoms with van der Waals surface area (Å²) in [6.07, 6.45) is 7.78. The number of anilines is 1. The fourth-order valence-electron chi connectivity index (χ4n) is 4.85. The Labute approximate surface area is 254 Å². The number of benzene rings is 1. The topological polar surface area (TPSA) is 119 Å². The molecule has 1 aromatic carbocycles. The minimum atomic E-state index is -3.99. The number of pyridine rings is 2. The summed E-state index contributed by atoms with van der Waals surface area (Å²) in [5.74, 6) is -0.767. The van der Waals surface area contributed by atoms with Gasteiger partial charge in [0.25, 0.3) is 0 Å². The maximum atomic E-state index is 13.8. The predicted molar refractivity (Wildman–Crippen MR) is 162 cm³/mol. The second-order valence-corrected chi connectivity index (χ2v) is 13.8. The Morgan fingerprint density at radius 3 is 2.30 bits per heavy atom. The number of carbonyl (C=O) groups excluding carboxylic acids is 2. The summed E-state index contributed by atoms with van der Waals surface area (Å²) in [5, 5.41) is 0.669. The molecule has 43 heavy (non-hydrogen) atoms. The van der Waals surface area contributed by atoms with Crippen LogP contribution in [0.15, 0.2) is 71.9 Å². The standard InChI is InChI=1S/C32H40N4O6S/c1-6-7-17-32(18-19-32)26-15-13-25(14-16-26)22-35(43(39,40)28-11-9-20-33-21-28)23-27-10-8-12-29(34-27)36(42-24(2)37)30(38)41-31(3,4)5/h8-16,20-21H,6-7,17-19,22-23H2,1-5H3. The van der Waals surface area contributed by atoms with Crippen molar-refractivity contribution in [2.45, 2.75) is 95.7 Å². The van der Waals surface area contributed by atoms with Crippen LogP contribution in [0.3, 0.4) is 0 Å². The van der Waals surface area contributed by atoms with Crippen LogP contribution in [0.25, 0.3) is 0 Å². The van der Waals surface area contributed by atoms with Crippen molar-refractivity contribution in [1.82, 2.24) is 14.3 Å². The van der Waals surface area contributed by atoms with Crippen molar-refractivity contribution in [3.8, 4) is 0 Å². The molecule has 4 rings (SSSR count). The molecule has 2 aromatic heterocycles. The van der Waals surface area contributed by atoms with E-state index < -0.39 is 27.7 Å². The zero-order chi connectivity index (χ0) is 31.3. The molecule has 0 unspecified atom stereocenters. The summed E-state index contributed by atoms with van der Waals surface area (Å²) >= 11 is 0. The van der Waals surface area contributed by atoms with E-state index in [1.165, 1.54) is 60.1 Å². The maximum absolute atomic E-state index is 13.8. The molecule has 2 heterocycles. The summed E-state index contributed by atoms with van der Waals surface area (Å²) in [6, 6.07) is 16.0. The average Bonchev–Trinajstić information content (AvgIpc) is 3.75. The third-order valence-electron chi connectivity index (χ3n) is 7.18. The number of carbonyl (C=O) groups is 2. The Morgan fingerprint density at radius 1 is 1.00 bits per heavy atom. The Balaban J connectivity index is 1.63. The van der Waals surface area contributed by atoms with Gasteiger partial charge in [-0.05, 0) is 80.8 Å². The minimum absolute atomic E-state index is 0.0214. The van der Waals surface area contributed by atoms with Crippen molar-refractivity contribution in [1.29, 1.82) is 0 Å². The molecule has 1 aliphatic rings. The van der Waals surface area contributed by atoms with Crippen LogP contribution < -0.4 is 5.06 Å². The number of unbranched alkanes of at least 4 members (excludes halogenated alkanes) is 1. The first kappa shape index (κ1) is 32.1. The van der Waals surface area contributed by atoms with Gasteiger partial charge in [-0.15, -0.1) is 0 Å². The SMILES string of the molecule is CCCCC1(c2ccc(CN(Cc3cccc(N(OC(C)=O)C(=O)OC(C)(C)C)n3)S(=O)(=O)c3cccnc3)cc2)CC1. The van der Waals surface area contributed by atoms with Gasteiger partial charge in [0, 0.05) is 25.9 Å². The number of rotatable bonds is 11. The van der Waals surface area contributed by atoms with Crippen molar-refractivity contribution in [2.75, 3.05) is 5.06 Å². The second-order valence-electron chi connectivity index (χ2n) is 11.9. The Morgan fingerprint density at radius 2 is 1.72 bits per heavy atom. The van der Waals surface area contributed by atoms with Gasteiger partial charge in [-0.2, -0.15) is 4.31 Å². The lowest BCUT2D eigenvalue weighted by molar-refractivity contribution is -0.142. The van der Waals surface area contributed by atoms with Gasteiger partial charge in [0.1, 0.15) is 10.5 Å². The lowest BCUT2D eigenvalue weighted by Gasteiger charge is -2.26. The normalized spacial score (nSPS) is 14.3. The van der Waals surface area contributed by atoms with Crippen LogP contribution in [0.4, 0.5) is 10.6 Å². The summed E-state index contributed by atoms with van der Waals surface area (Å²) in [5.41, 5.74) is 1.86. The second kappa shape index (κ2) is 13.2. The smallest absolute Gasteiger partial charge is 0.441 e. The zero-order valence-corrected chi connectivity index (χ0v) is 26.3. The molecule has 0 N–H and O–H groups in total. The summed E-state index contributed by atoms with van der Waals surface area (Å²) < 4.78 is 34.4. The van der Waals surface area contributed by atoms with E-state index in [1.807, 2.05) is 12.1 Å². The molecule has 0 saturated heterocycles. The minimum Gasteiger partial charge on any atom is -0.441 e. The number of hydrogen-bond donors (Lipinski definition) is 0. The Kier molecular flexibility index (Phi) is 9.86. The molecule has 11 heteroatoms. The number of hydroxylamine groups is 1. The summed E-state index contributed by atoms with van der Waals surface area (Å²) in [7, 11) is -3.99. The fraction of sp³-hybridized carbons (Fsp3) is 0.438. The molecule has 10 nitrogen and oxygen atoms in total. The summed E-state index contributed by atoms with van der Waals surface area (Å²) in [4.78, 5) is 38.3. The van der Waals surface area contributed by atoms with Gasteiger partial charge in [-0.25, -0.2) is 23.0 Å². The van der Waals surface area contributed by atoms with E-state index in [1.54, 1.807) is 39.0 Å². The van der Waals surface area contributed by atoms with E-state index in [0.717, 1.165) is 18.9 Å². The first-order chi connectivity index (χ1) is 20.3. The molecular weight excluding hydrogens is 568 g/mol. The van der Waals surface area contributed by atoms with Gasteiger partial charge in [0.15, 0.2) is 5.82 Å². The predicted octanol–water partition coefficient (Wildman–Crippen LogP) is 6.31. The lowest BCUT2D eigenvalue weighted by atomic mass is 9.90. The molecule has 3 aromatic rings. The third kappa shape index (κ3) is 8.39. The van der Waals surface area contributed by atoms with Crippen LogP contribution in [0, 0.1) is 0 Å². The highest BCUT2D eigenvalue weighted by atomic mass is 32.2. The molecule has 1 fully saturated rings. The largest absolute Gasteiger partial charge is 0.450 e. The highest BCUT2D eigenvalue weighted by molar-refractivity contribution is 7.89. The molecule has 0 atom stereocenters. The molecule has 1 amide bonds. The molecular formula is C32H40N4O6S. The average molecular weight is 609 g/mol. The number of ether oxygens (including phenoxy) is 1. The highest BCUT2D eigenvalue weighted by Gasteiger charge is 2.43. The summed E-state index contributed by atoms with van der Waals surface area (Å²) in [6.45, 7) is 8.38. The molecule has 0 aliphatic heterocycles. The van der Waals surface area contributed by atoms with Crippen molar-refractivity contribution in [2.24, 2.45) is 0 Å². The Hall–Kier alpha value is -3.83. The molecule has 0 spiro atoms. The molecule has 0 radical (unpaired) electrons. The zero-order valence-electron chi connectivity index (χ0n) is 25.4. The fourth-order valence-corrected chi connectivity index (χ4v) is 6.21. The van der Waals surface area contributed by atoms with Gasteiger partial charge < -0.3 is 9.57 Å². The Bertz CT molecular complexity index is 1520. The van der Waals surface area contributed by atoms with Crippen LogP contribution >= 0.6 is 0 Å². The number of aromatic nitrogens is 2. The third-order valence-corrected chi connectivity index (χ3v) is 8.95. The number of sulfonamides is 1. The van der Waals surface area contributed by atoms with E-state index in [4.69, 9.17) is 9.57 Å². The van der Waals surface area contributed by atoms with Crippen molar-refractivity contribution < 1.29 is 27.6 Å². The van der Waals surface area contributed by atoms with Crippen LogP contribution in [0.1, 0.15) is 83.5 Å². The number of nitrogens with zero attached hydrogens (tertiary/aromatic N) is 4. The first-order valence-electron chi connectivity index (χ1n) is 14.5. The van der Waals surface area contributed by atoms with Crippen LogP contribution in [-0.2, 0) is 42.9 Å². The van der Waals surface area contributed by atoms with Crippen LogP contribution in [-0.4, -0.2) is 40.4 Å². The van der Waals surface area contributed by atoms with Gasteiger partial charge in [-0.3, -0.25) is 4.98 Å². The van der Waals surface area contributed by atoms with E-state index in [0.29, 0.717) is 10.8 Å². The van der Waals surface area contributed by atoms with Crippen LogP contribution in [0.2, 0.25) is 0 Å². The van der Waals surface area contributed by atoms with Gasteiger partial charge >= 0.3 is 12.1 Å². The lowest BCUT2D eigenvalue weighted by Crippen LogP contribution is -2.38. The van der Waals surface area contributed by atoms with Crippen LogP contribution in [0.5, 0.6) is 0 Å². The molecule has 1 aliphatic carbocycles. The van der Waals surface area contributed by atoms with Crippen molar-refractivity contribution in [3.05, 3.63) is 83.8 Å². The quantitative estimate of drug-likeness (QED) is 0.232. The number of amides is 1. The van der Waals surface area contributed by atoms with Gasteiger partial charge in [0.2, 0.25) is 10.0 Å². The van der Waals surface area contributed by atoms with Crippen molar-refractivity contribution >= 4 is 27.9 Å². The van der Waals surface area contributed by atoms with E-state index in [2.05, 4.69) is 29.0 Å². The molecule has 230 valence electrons. The van der Waals surface area contributed by atoms with Gasteiger partial charge in [-0.1, -0.05) is 55.2 Å². The molecule has 0 bridgehead atoms. The molecule has 1 saturated carbocycles. The van der Waals surface area contributed by atoms with E-state index in [-0.39, 0.29) is 29.2 Å². The highest BCUT2D eigenvalue weighted by Crippen LogP contribution is 2.52.